The minimum absolute atomic E-state index is 0.167. The van der Waals surface area contributed by atoms with E-state index in [2.05, 4.69) is 39.1 Å². The fourth-order valence-corrected chi connectivity index (χ4v) is 1.42. The summed E-state index contributed by atoms with van der Waals surface area (Å²) in [5.41, 5.74) is 3.34. The standard InChI is InChI=1S/C14H20N2/c1-5-14(3,4)16-10-13-7-6-12(9-15)8-11(13)2/h6-8,16H,5,10H2,1-4H3. The van der Waals surface area contributed by atoms with E-state index in [1.807, 2.05) is 18.2 Å². The van der Waals surface area contributed by atoms with Crippen molar-refractivity contribution in [2.24, 2.45) is 0 Å². The van der Waals surface area contributed by atoms with E-state index in [1.54, 1.807) is 0 Å². The zero-order valence-corrected chi connectivity index (χ0v) is 10.6. The molecule has 1 aromatic carbocycles. The summed E-state index contributed by atoms with van der Waals surface area (Å²) in [6, 6.07) is 8.01. The molecule has 0 aliphatic heterocycles. The lowest BCUT2D eigenvalue weighted by Gasteiger charge is -2.25. The van der Waals surface area contributed by atoms with E-state index in [0.29, 0.717) is 0 Å². The minimum Gasteiger partial charge on any atom is -0.308 e. The van der Waals surface area contributed by atoms with E-state index in [0.717, 1.165) is 18.5 Å². The molecule has 0 aliphatic rings. The highest BCUT2D eigenvalue weighted by Crippen LogP contribution is 2.13. The van der Waals surface area contributed by atoms with Gasteiger partial charge in [-0.15, -0.1) is 0 Å². The Morgan fingerprint density at radius 1 is 1.38 bits per heavy atom. The van der Waals surface area contributed by atoms with Crippen LogP contribution in [0.5, 0.6) is 0 Å². The highest BCUT2D eigenvalue weighted by Gasteiger charge is 2.13. The molecule has 0 aromatic heterocycles. The Labute approximate surface area is 98.3 Å². The topological polar surface area (TPSA) is 35.8 Å². The molecule has 0 bridgehead atoms. The molecule has 86 valence electrons. The van der Waals surface area contributed by atoms with Crippen LogP contribution in [0.4, 0.5) is 0 Å². The normalized spacial score (nSPS) is 11.2. The predicted molar refractivity (Wildman–Crippen MR) is 67.1 cm³/mol. The Balaban J connectivity index is 2.73. The first-order valence-corrected chi connectivity index (χ1v) is 5.73. The third-order valence-electron chi connectivity index (χ3n) is 3.11. The largest absolute Gasteiger partial charge is 0.308 e. The molecule has 0 amide bonds. The minimum atomic E-state index is 0.167. The van der Waals surface area contributed by atoms with Crippen LogP contribution in [0.3, 0.4) is 0 Å². The number of nitrogens with zero attached hydrogens (tertiary/aromatic N) is 1. The summed E-state index contributed by atoms with van der Waals surface area (Å²) in [5.74, 6) is 0. The van der Waals surface area contributed by atoms with Crippen molar-refractivity contribution in [3.05, 3.63) is 34.9 Å². The number of hydrogen-bond donors (Lipinski definition) is 1. The molecule has 0 spiro atoms. The second kappa shape index (κ2) is 5.14. The Hall–Kier alpha value is -1.33. The molecular weight excluding hydrogens is 196 g/mol. The van der Waals surface area contributed by atoms with E-state index in [4.69, 9.17) is 5.26 Å². The van der Waals surface area contributed by atoms with Crippen molar-refractivity contribution in [1.29, 1.82) is 5.26 Å². The van der Waals surface area contributed by atoms with Gasteiger partial charge in [0, 0.05) is 12.1 Å². The van der Waals surface area contributed by atoms with Gasteiger partial charge in [-0.2, -0.15) is 5.26 Å². The van der Waals surface area contributed by atoms with Gasteiger partial charge < -0.3 is 5.32 Å². The van der Waals surface area contributed by atoms with Crippen LogP contribution in [-0.2, 0) is 6.54 Å². The maximum atomic E-state index is 8.78. The van der Waals surface area contributed by atoms with Crippen molar-refractivity contribution in [2.45, 2.75) is 46.2 Å². The summed E-state index contributed by atoms with van der Waals surface area (Å²) in [6.07, 6.45) is 1.10. The van der Waals surface area contributed by atoms with Gasteiger partial charge in [-0.25, -0.2) is 0 Å². The Kier molecular flexibility index (Phi) is 4.09. The van der Waals surface area contributed by atoms with Gasteiger partial charge in [0.05, 0.1) is 11.6 Å². The summed E-state index contributed by atoms with van der Waals surface area (Å²) in [4.78, 5) is 0. The van der Waals surface area contributed by atoms with Crippen LogP contribution >= 0.6 is 0 Å². The SMILES string of the molecule is CCC(C)(C)NCc1ccc(C#N)cc1C. The first-order valence-electron chi connectivity index (χ1n) is 5.73. The van der Waals surface area contributed by atoms with Crippen molar-refractivity contribution in [3.8, 4) is 6.07 Å². The quantitative estimate of drug-likeness (QED) is 0.839. The van der Waals surface area contributed by atoms with Crippen molar-refractivity contribution < 1.29 is 0 Å². The van der Waals surface area contributed by atoms with Crippen LogP contribution in [0.2, 0.25) is 0 Å². The van der Waals surface area contributed by atoms with E-state index in [1.165, 1.54) is 11.1 Å². The molecule has 0 saturated carbocycles. The van der Waals surface area contributed by atoms with Gasteiger partial charge >= 0.3 is 0 Å². The van der Waals surface area contributed by atoms with Crippen LogP contribution in [0.25, 0.3) is 0 Å². The lowest BCUT2D eigenvalue weighted by molar-refractivity contribution is 0.374. The van der Waals surface area contributed by atoms with Crippen molar-refractivity contribution in [2.75, 3.05) is 0 Å². The van der Waals surface area contributed by atoms with Gasteiger partial charge in [0.15, 0.2) is 0 Å². The van der Waals surface area contributed by atoms with Crippen LogP contribution < -0.4 is 5.32 Å². The molecule has 1 aromatic rings. The number of nitriles is 1. The molecule has 1 rings (SSSR count). The van der Waals surface area contributed by atoms with Gasteiger partial charge in [-0.05, 0) is 50.5 Å². The summed E-state index contributed by atoms with van der Waals surface area (Å²) >= 11 is 0. The summed E-state index contributed by atoms with van der Waals surface area (Å²) in [7, 11) is 0. The number of aryl methyl sites for hydroxylation is 1. The molecule has 2 heteroatoms. The average Bonchev–Trinajstić information content (AvgIpc) is 2.27. The van der Waals surface area contributed by atoms with Gasteiger partial charge in [-0.1, -0.05) is 13.0 Å². The smallest absolute Gasteiger partial charge is 0.0991 e. The maximum absolute atomic E-state index is 8.78. The average molecular weight is 216 g/mol. The van der Waals surface area contributed by atoms with Gasteiger partial charge in [-0.3, -0.25) is 0 Å². The molecule has 0 fully saturated rings. The zero-order chi connectivity index (χ0) is 12.2. The fourth-order valence-electron chi connectivity index (χ4n) is 1.42. The molecule has 1 N–H and O–H groups in total. The van der Waals surface area contributed by atoms with Gasteiger partial charge in [0.1, 0.15) is 0 Å². The fraction of sp³-hybridized carbons (Fsp3) is 0.500. The predicted octanol–water partition coefficient (Wildman–Crippen LogP) is 3.14. The molecule has 0 aliphatic carbocycles. The van der Waals surface area contributed by atoms with E-state index < -0.39 is 0 Å². The highest BCUT2D eigenvalue weighted by molar-refractivity contribution is 5.37. The van der Waals surface area contributed by atoms with Crippen LogP contribution in [0.1, 0.15) is 43.9 Å². The summed E-state index contributed by atoms with van der Waals surface area (Å²) in [6.45, 7) is 9.49. The van der Waals surface area contributed by atoms with E-state index in [9.17, 15) is 0 Å². The molecule has 0 heterocycles. The first-order chi connectivity index (χ1) is 7.48. The first kappa shape index (κ1) is 12.7. The maximum Gasteiger partial charge on any atom is 0.0991 e. The lowest BCUT2D eigenvalue weighted by Crippen LogP contribution is -2.37. The van der Waals surface area contributed by atoms with Gasteiger partial charge in [0.25, 0.3) is 0 Å². The van der Waals surface area contributed by atoms with Crippen molar-refractivity contribution >= 4 is 0 Å². The molecule has 0 radical (unpaired) electrons. The third-order valence-corrected chi connectivity index (χ3v) is 3.11. The summed E-state index contributed by atoms with van der Waals surface area (Å²) < 4.78 is 0. The van der Waals surface area contributed by atoms with Crippen LogP contribution in [0.15, 0.2) is 18.2 Å². The second-order valence-electron chi connectivity index (χ2n) is 4.84. The summed E-state index contributed by atoms with van der Waals surface area (Å²) in [5, 5.41) is 12.3. The second-order valence-corrected chi connectivity index (χ2v) is 4.84. The molecule has 16 heavy (non-hydrogen) atoms. The number of benzene rings is 1. The number of rotatable bonds is 4. The molecule has 2 nitrogen and oxygen atoms in total. The Bertz CT molecular complexity index is 400. The number of nitrogens with one attached hydrogen (secondary N) is 1. The lowest BCUT2D eigenvalue weighted by atomic mass is 10.00. The monoisotopic (exact) mass is 216 g/mol. The molecule has 0 unspecified atom stereocenters. The van der Waals surface area contributed by atoms with Crippen LogP contribution in [-0.4, -0.2) is 5.54 Å². The Morgan fingerprint density at radius 3 is 2.56 bits per heavy atom. The van der Waals surface area contributed by atoms with E-state index >= 15 is 0 Å². The molecular formula is C14H20N2. The number of hydrogen-bond acceptors (Lipinski definition) is 2. The van der Waals surface area contributed by atoms with Crippen molar-refractivity contribution in [3.63, 3.8) is 0 Å². The molecule has 0 atom stereocenters. The van der Waals surface area contributed by atoms with Gasteiger partial charge in [0.2, 0.25) is 0 Å². The third kappa shape index (κ3) is 3.36. The Morgan fingerprint density at radius 2 is 2.06 bits per heavy atom. The molecule has 0 saturated heterocycles. The van der Waals surface area contributed by atoms with E-state index in [-0.39, 0.29) is 5.54 Å². The van der Waals surface area contributed by atoms with Crippen molar-refractivity contribution in [1.82, 2.24) is 5.32 Å². The zero-order valence-electron chi connectivity index (χ0n) is 10.6. The van der Waals surface area contributed by atoms with Crippen LogP contribution in [0, 0.1) is 18.3 Å². The highest BCUT2D eigenvalue weighted by atomic mass is 14.9.